The van der Waals surface area contributed by atoms with E-state index in [1.807, 2.05) is 6.08 Å². The number of fused-ring (bicyclic) bond motifs is 1. The maximum Gasteiger partial charge on any atom is 0.148 e. The molecule has 0 spiro atoms. The van der Waals surface area contributed by atoms with Crippen LogP contribution in [-0.2, 0) is 4.79 Å². The zero-order valence-electron chi connectivity index (χ0n) is 14.4. The normalized spacial score (nSPS) is 39.9. The third-order valence-electron chi connectivity index (χ3n) is 5.60. The number of hydrogen-bond donors (Lipinski definition) is 1. The lowest BCUT2D eigenvalue weighted by Crippen LogP contribution is -2.11. The Bertz CT molecular complexity index is 508. The van der Waals surface area contributed by atoms with E-state index in [4.69, 9.17) is 0 Å². The molecule has 3 atom stereocenters. The van der Waals surface area contributed by atoms with Gasteiger partial charge in [-0.1, -0.05) is 43.2 Å². The zero-order chi connectivity index (χ0) is 16.3. The molecule has 1 saturated carbocycles. The Balaban J connectivity index is 2.22. The van der Waals surface area contributed by atoms with Crippen molar-refractivity contribution in [1.82, 2.24) is 0 Å². The molecular formula is C20H30O2. The first-order chi connectivity index (χ1) is 10.4. The standard InChI is InChI=1S/C20H30O2/c1-14-6-5-7-15(2)9-11-19(22)16(13-21)12-18-17(10-8-14)20(18,3)4/h6,9,12-13,17-19,22H,5,7-8,10-11H2,1-4H3/b14-6+,15-9+,16-12-/t17-,18-,19+/m1/s1. The highest BCUT2D eigenvalue weighted by atomic mass is 16.3. The highest BCUT2D eigenvalue weighted by molar-refractivity contribution is 5.75. The Hall–Kier alpha value is -1.15. The topological polar surface area (TPSA) is 37.3 Å². The van der Waals surface area contributed by atoms with Gasteiger partial charge in [0, 0.05) is 5.57 Å². The quantitative estimate of drug-likeness (QED) is 0.567. The Morgan fingerprint density at radius 1 is 1.18 bits per heavy atom. The van der Waals surface area contributed by atoms with Gasteiger partial charge in [0.05, 0.1) is 6.10 Å². The molecule has 0 aromatic heterocycles. The lowest BCUT2D eigenvalue weighted by Gasteiger charge is -2.10. The van der Waals surface area contributed by atoms with E-state index in [0.29, 0.717) is 23.8 Å². The van der Waals surface area contributed by atoms with Crippen LogP contribution in [0.3, 0.4) is 0 Å². The van der Waals surface area contributed by atoms with E-state index < -0.39 is 6.10 Å². The summed E-state index contributed by atoms with van der Waals surface area (Å²) in [6, 6.07) is 0. The first-order valence-electron chi connectivity index (χ1n) is 8.52. The maximum atomic E-state index is 11.4. The van der Waals surface area contributed by atoms with E-state index in [1.165, 1.54) is 17.6 Å². The summed E-state index contributed by atoms with van der Waals surface area (Å²) in [5.74, 6) is 1.04. The van der Waals surface area contributed by atoms with E-state index in [0.717, 1.165) is 25.5 Å². The van der Waals surface area contributed by atoms with E-state index in [2.05, 4.69) is 39.8 Å². The molecule has 22 heavy (non-hydrogen) atoms. The molecule has 0 aromatic carbocycles. The predicted octanol–water partition coefficient (Wildman–Crippen LogP) is 4.60. The molecule has 2 heteroatoms. The second-order valence-electron chi connectivity index (χ2n) is 7.67. The molecule has 0 aliphatic heterocycles. The van der Waals surface area contributed by atoms with Gasteiger partial charge in [0.2, 0.25) is 0 Å². The number of hydrogen-bond acceptors (Lipinski definition) is 2. The molecule has 1 fully saturated rings. The van der Waals surface area contributed by atoms with Crippen LogP contribution in [0, 0.1) is 17.3 Å². The van der Waals surface area contributed by atoms with Gasteiger partial charge in [-0.05, 0) is 63.2 Å². The fourth-order valence-corrected chi connectivity index (χ4v) is 3.69. The molecule has 0 amide bonds. The van der Waals surface area contributed by atoms with Crippen LogP contribution in [0.2, 0.25) is 0 Å². The van der Waals surface area contributed by atoms with Gasteiger partial charge in [-0.3, -0.25) is 4.79 Å². The number of aldehydes is 1. The summed E-state index contributed by atoms with van der Waals surface area (Å²) in [5, 5.41) is 10.3. The van der Waals surface area contributed by atoms with Crippen LogP contribution in [0.15, 0.2) is 34.9 Å². The molecule has 0 aromatic rings. The van der Waals surface area contributed by atoms with E-state index >= 15 is 0 Å². The van der Waals surface area contributed by atoms with Crippen molar-refractivity contribution in [2.45, 2.75) is 65.9 Å². The van der Waals surface area contributed by atoms with Gasteiger partial charge < -0.3 is 5.11 Å². The third-order valence-corrected chi connectivity index (χ3v) is 5.60. The number of carbonyl (C=O) groups excluding carboxylic acids is 1. The van der Waals surface area contributed by atoms with Crippen molar-refractivity contribution < 1.29 is 9.90 Å². The average molecular weight is 302 g/mol. The minimum atomic E-state index is -0.662. The van der Waals surface area contributed by atoms with Gasteiger partial charge in [-0.2, -0.15) is 0 Å². The Morgan fingerprint density at radius 3 is 2.55 bits per heavy atom. The largest absolute Gasteiger partial charge is 0.388 e. The minimum Gasteiger partial charge on any atom is -0.388 e. The van der Waals surface area contributed by atoms with Crippen molar-refractivity contribution in [2.24, 2.45) is 17.3 Å². The van der Waals surface area contributed by atoms with Crippen LogP contribution < -0.4 is 0 Å². The van der Waals surface area contributed by atoms with Gasteiger partial charge in [0.1, 0.15) is 6.29 Å². The Kier molecular flexibility index (Phi) is 5.44. The smallest absolute Gasteiger partial charge is 0.148 e. The molecule has 2 rings (SSSR count). The van der Waals surface area contributed by atoms with Crippen molar-refractivity contribution in [2.75, 3.05) is 0 Å². The van der Waals surface area contributed by atoms with E-state index in [9.17, 15) is 9.90 Å². The lowest BCUT2D eigenvalue weighted by atomic mass is 10.0. The third kappa shape index (κ3) is 3.98. The van der Waals surface area contributed by atoms with Gasteiger partial charge in [0.25, 0.3) is 0 Å². The van der Waals surface area contributed by atoms with Gasteiger partial charge >= 0.3 is 0 Å². The molecule has 2 aliphatic carbocycles. The fourth-order valence-electron chi connectivity index (χ4n) is 3.69. The molecule has 0 saturated heterocycles. The zero-order valence-corrected chi connectivity index (χ0v) is 14.4. The van der Waals surface area contributed by atoms with Crippen molar-refractivity contribution in [1.29, 1.82) is 0 Å². The molecule has 2 aliphatic rings. The van der Waals surface area contributed by atoms with Crippen molar-refractivity contribution in [3.8, 4) is 0 Å². The number of rotatable bonds is 1. The Morgan fingerprint density at radius 2 is 1.86 bits per heavy atom. The van der Waals surface area contributed by atoms with Crippen LogP contribution in [0.4, 0.5) is 0 Å². The number of carbonyl (C=O) groups is 1. The molecule has 0 unspecified atom stereocenters. The van der Waals surface area contributed by atoms with E-state index in [-0.39, 0.29) is 5.41 Å². The summed E-state index contributed by atoms with van der Waals surface area (Å²) in [7, 11) is 0. The molecule has 0 radical (unpaired) electrons. The summed E-state index contributed by atoms with van der Waals surface area (Å²) >= 11 is 0. The van der Waals surface area contributed by atoms with Gasteiger partial charge in [0.15, 0.2) is 0 Å². The van der Waals surface area contributed by atoms with Crippen LogP contribution in [0.5, 0.6) is 0 Å². The summed E-state index contributed by atoms with van der Waals surface area (Å²) < 4.78 is 0. The second kappa shape index (κ2) is 6.95. The highest BCUT2D eigenvalue weighted by Gasteiger charge is 2.55. The second-order valence-corrected chi connectivity index (χ2v) is 7.67. The first-order valence-corrected chi connectivity index (χ1v) is 8.52. The summed E-state index contributed by atoms with van der Waals surface area (Å²) in [6.07, 6.45) is 11.6. The first kappa shape index (κ1) is 17.2. The summed E-state index contributed by atoms with van der Waals surface area (Å²) in [6.45, 7) is 8.88. The van der Waals surface area contributed by atoms with Crippen LogP contribution >= 0.6 is 0 Å². The molecule has 0 heterocycles. The predicted molar refractivity (Wildman–Crippen MR) is 91.5 cm³/mol. The molecule has 0 bridgehead atoms. The fraction of sp³-hybridized carbons (Fsp3) is 0.650. The number of aliphatic hydroxyl groups excluding tert-OH is 1. The SMILES string of the molecule is C/C1=C\C[C@H](O)/C(C=O)=C\[C@@H]2[C@@H](CC/C(C)=C/CC1)C2(C)C. The summed E-state index contributed by atoms with van der Waals surface area (Å²) in [5.41, 5.74) is 3.58. The molecular weight excluding hydrogens is 272 g/mol. The van der Waals surface area contributed by atoms with E-state index in [1.54, 1.807) is 0 Å². The molecule has 1 N–H and O–H groups in total. The summed E-state index contributed by atoms with van der Waals surface area (Å²) in [4.78, 5) is 11.4. The van der Waals surface area contributed by atoms with Crippen LogP contribution in [0.1, 0.15) is 59.8 Å². The van der Waals surface area contributed by atoms with Crippen molar-refractivity contribution in [3.05, 3.63) is 34.9 Å². The van der Waals surface area contributed by atoms with Gasteiger partial charge in [-0.15, -0.1) is 0 Å². The number of aliphatic hydroxyl groups is 1. The van der Waals surface area contributed by atoms with Gasteiger partial charge in [-0.25, -0.2) is 0 Å². The maximum absolute atomic E-state index is 11.4. The monoisotopic (exact) mass is 302 g/mol. The Labute approximate surface area is 135 Å². The van der Waals surface area contributed by atoms with Crippen LogP contribution in [-0.4, -0.2) is 17.5 Å². The number of allylic oxidation sites excluding steroid dienone is 4. The molecule has 2 nitrogen and oxygen atoms in total. The minimum absolute atomic E-state index is 0.250. The lowest BCUT2D eigenvalue weighted by molar-refractivity contribution is -0.105. The average Bonchev–Trinajstić information content (AvgIpc) is 2.99. The highest BCUT2D eigenvalue weighted by Crippen LogP contribution is 2.61. The van der Waals surface area contributed by atoms with Crippen LogP contribution in [0.25, 0.3) is 0 Å². The van der Waals surface area contributed by atoms with Crippen molar-refractivity contribution >= 4 is 6.29 Å². The van der Waals surface area contributed by atoms with Crippen molar-refractivity contribution in [3.63, 3.8) is 0 Å². The molecule has 122 valence electrons.